The third-order valence-corrected chi connectivity index (χ3v) is 3.37. The minimum absolute atomic E-state index is 0.0279. The standard InChI is InChI=1S/C13H17N3O2/c1-17-11-7-16(8-12(11)18-2)10-5-3-4-9(6-14)13(10)15/h3-5,11-12H,7-8,15H2,1-2H3. The van der Waals surface area contributed by atoms with Crippen LogP contribution in [-0.4, -0.2) is 39.5 Å². The first-order valence-corrected chi connectivity index (χ1v) is 5.80. The first-order chi connectivity index (χ1) is 8.71. The lowest BCUT2D eigenvalue weighted by Gasteiger charge is -2.20. The van der Waals surface area contributed by atoms with Crippen LogP contribution in [0.25, 0.3) is 0 Å². The van der Waals surface area contributed by atoms with E-state index in [4.69, 9.17) is 20.5 Å². The molecule has 0 amide bonds. The lowest BCUT2D eigenvalue weighted by molar-refractivity contribution is -0.00461. The Balaban J connectivity index is 2.26. The van der Waals surface area contributed by atoms with Crippen molar-refractivity contribution in [2.45, 2.75) is 12.2 Å². The first kappa shape index (κ1) is 12.7. The van der Waals surface area contributed by atoms with Crippen LogP contribution in [0, 0.1) is 11.3 Å². The third-order valence-electron chi connectivity index (χ3n) is 3.37. The average Bonchev–Trinajstić information content (AvgIpc) is 2.82. The second-order valence-corrected chi connectivity index (χ2v) is 4.30. The maximum Gasteiger partial charge on any atom is 0.102 e. The van der Waals surface area contributed by atoms with Gasteiger partial charge in [-0.05, 0) is 12.1 Å². The molecule has 2 rings (SSSR count). The van der Waals surface area contributed by atoms with Gasteiger partial charge in [-0.2, -0.15) is 5.26 Å². The number of anilines is 2. The van der Waals surface area contributed by atoms with Crippen LogP contribution in [0.15, 0.2) is 18.2 Å². The number of nitrogen functional groups attached to an aromatic ring is 1. The molecule has 2 unspecified atom stereocenters. The molecule has 1 saturated heterocycles. The number of benzene rings is 1. The van der Waals surface area contributed by atoms with Crippen LogP contribution < -0.4 is 10.6 Å². The highest BCUT2D eigenvalue weighted by atomic mass is 16.5. The molecule has 2 atom stereocenters. The summed E-state index contributed by atoms with van der Waals surface area (Å²) >= 11 is 0. The molecular formula is C13H17N3O2. The van der Waals surface area contributed by atoms with E-state index >= 15 is 0 Å². The second kappa shape index (κ2) is 5.25. The summed E-state index contributed by atoms with van der Waals surface area (Å²) in [5.74, 6) is 0. The molecule has 1 fully saturated rings. The monoisotopic (exact) mass is 247 g/mol. The Bertz CT molecular complexity index is 458. The first-order valence-electron chi connectivity index (χ1n) is 5.80. The molecule has 1 aliphatic heterocycles. The Kier molecular flexibility index (Phi) is 3.70. The number of methoxy groups -OCH3 is 2. The Morgan fingerprint density at radius 2 is 1.89 bits per heavy atom. The van der Waals surface area contributed by atoms with Gasteiger partial charge in [-0.1, -0.05) is 6.07 Å². The van der Waals surface area contributed by atoms with Gasteiger partial charge in [-0.3, -0.25) is 0 Å². The molecule has 0 radical (unpaired) electrons. The third kappa shape index (κ3) is 2.13. The van der Waals surface area contributed by atoms with Crippen LogP contribution in [0.3, 0.4) is 0 Å². The molecule has 1 aliphatic rings. The van der Waals surface area contributed by atoms with Gasteiger partial charge in [0.1, 0.15) is 18.3 Å². The van der Waals surface area contributed by atoms with E-state index in [1.807, 2.05) is 12.1 Å². The predicted octanol–water partition coefficient (Wildman–Crippen LogP) is 0.990. The van der Waals surface area contributed by atoms with E-state index < -0.39 is 0 Å². The van der Waals surface area contributed by atoms with E-state index in [1.54, 1.807) is 20.3 Å². The zero-order chi connectivity index (χ0) is 13.1. The fourth-order valence-corrected chi connectivity index (χ4v) is 2.32. The minimum Gasteiger partial charge on any atom is -0.396 e. The van der Waals surface area contributed by atoms with Crippen molar-refractivity contribution in [3.8, 4) is 6.07 Å². The van der Waals surface area contributed by atoms with Gasteiger partial charge in [0.25, 0.3) is 0 Å². The van der Waals surface area contributed by atoms with Crippen molar-refractivity contribution in [2.24, 2.45) is 0 Å². The van der Waals surface area contributed by atoms with Gasteiger partial charge in [0.05, 0.1) is 16.9 Å². The molecule has 0 bridgehead atoms. The molecule has 5 heteroatoms. The summed E-state index contributed by atoms with van der Waals surface area (Å²) in [5, 5.41) is 8.98. The summed E-state index contributed by atoms with van der Waals surface area (Å²) < 4.78 is 10.8. The molecule has 5 nitrogen and oxygen atoms in total. The molecule has 0 aliphatic carbocycles. The summed E-state index contributed by atoms with van der Waals surface area (Å²) in [6, 6.07) is 7.57. The SMILES string of the molecule is COC1CN(c2cccc(C#N)c2N)CC1OC. The predicted molar refractivity (Wildman–Crippen MR) is 69.4 cm³/mol. The number of hydrogen-bond acceptors (Lipinski definition) is 5. The molecule has 0 spiro atoms. The number of nitrogens with two attached hydrogens (primary N) is 1. The number of para-hydroxylation sites is 1. The van der Waals surface area contributed by atoms with Crippen molar-refractivity contribution >= 4 is 11.4 Å². The van der Waals surface area contributed by atoms with E-state index in [9.17, 15) is 0 Å². The Labute approximate surface area is 107 Å². The molecule has 1 aromatic carbocycles. The Morgan fingerprint density at radius 1 is 1.28 bits per heavy atom. The molecule has 1 heterocycles. The van der Waals surface area contributed by atoms with Crippen LogP contribution in [-0.2, 0) is 9.47 Å². The van der Waals surface area contributed by atoms with E-state index in [0.717, 1.165) is 5.69 Å². The smallest absolute Gasteiger partial charge is 0.102 e. The number of nitriles is 1. The lowest BCUT2D eigenvalue weighted by Crippen LogP contribution is -2.27. The maximum atomic E-state index is 8.98. The summed E-state index contributed by atoms with van der Waals surface area (Å²) in [6.45, 7) is 1.43. The Morgan fingerprint density at radius 3 is 2.39 bits per heavy atom. The topological polar surface area (TPSA) is 71.5 Å². The van der Waals surface area contributed by atoms with Crippen LogP contribution in [0.4, 0.5) is 11.4 Å². The molecule has 18 heavy (non-hydrogen) atoms. The molecule has 0 aromatic heterocycles. The van der Waals surface area contributed by atoms with E-state index in [-0.39, 0.29) is 12.2 Å². The van der Waals surface area contributed by atoms with Crippen molar-refractivity contribution in [1.82, 2.24) is 0 Å². The van der Waals surface area contributed by atoms with Crippen molar-refractivity contribution < 1.29 is 9.47 Å². The van der Waals surface area contributed by atoms with E-state index in [1.165, 1.54) is 0 Å². The largest absolute Gasteiger partial charge is 0.396 e. The minimum atomic E-state index is 0.0279. The highest BCUT2D eigenvalue weighted by Gasteiger charge is 2.33. The zero-order valence-corrected chi connectivity index (χ0v) is 10.6. The summed E-state index contributed by atoms with van der Waals surface area (Å²) in [6.07, 6.45) is 0.0558. The fourth-order valence-electron chi connectivity index (χ4n) is 2.32. The van der Waals surface area contributed by atoms with Gasteiger partial charge in [0.2, 0.25) is 0 Å². The normalized spacial score (nSPS) is 23.1. The fraction of sp³-hybridized carbons (Fsp3) is 0.462. The van der Waals surface area contributed by atoms with Crippen LogP contribution in [0.1, 0.15) is 5.56 Å². The van der Waals surface area contributed by atoms with Crippen molar-refractivity contribution in [1.29, 1.82) is 5.26 Å². The van der Waals surface area contributed by atoms with Gasteiger partial charge < -0.3 is 20.1 Å². The average molecular weight is 247 g/mol. The van der Waals surface area contributed by atoms with E-state index in [0.29, 0.717) is 24.3 Å². The molecule has 0 saturated carbocycles. The lowest BCUT2D eigenvalue weighted by atomic mass is 10.1. The highest BCUT2D eigenvalue weighted by Crippen LogP contribution is 2.30. The van der Waals surface area contributed by atoms with Crippen LogP contribution >= 0.6 is 0 Å². The summed E-state index contributed by atoms with van der Waals surface area (Å²) in [7, 11) is 3.35. The Hall–Kier alpha value is -1.77. The summed E-state index contributed by atoms with van der Waals surface area (Å²) in [4.78, 5) is 2.10. The quantitative estimate of drug-likeness (QED) is 0.806. The zero-order valence-electron chi connectivity index (χ0n) is 10.6. The molecule has 1 aromatic rings. The highest BCUT2D eigenvalue weighted by molar-refractivity contribution is 5.74. The number of hydrogen-bond donors (Lipinski definition) is 1. The van der Waals surface area contributed by atoms with Crippen molar-refractivity contribution in [3.05, 3.63) is 23.8 Å². The van der Waals surface area contributed by atoms with Crippen LogP contribution in [0.5, 0.6) is 0 Å². The molecular weight excluding hydrogens is 230 g/mol. The van der Waals surface area contributed by atoms with Crippen LogP contribution in [0.2, 0.25) is 0 Å². The molecule has 96 valence electrons. The van der Waals surface area contributed by atoms with Crippen molar-refractivity contribution in [2.75, 3.05) is 37.9 Å². The van der Waals surface area contributed by atoms with E-state index in [2.05, 4.69) is 11.0 Å². The van der Waals surface area contributed by atoms with Gasteiger partial charge in [-0.15, -0.1) is 0 Å². The maximum absolute atomic E-state index is 8.98. The number of ether oxygens (including phenoxy) is 2. The van der Waals surface area contributed by atoms with Gasteiger partial charge in [-0.25, -0.2) is 0 Å². The summed E-state index contributed by atoms with van der Waals surface area (Å²) in [5.41, 5.74) is 7.89. The van der Waals surface area contributed by atoms with Crippen molar-refractivity contribution in [3.63, 3.8) is 0 Å². The van der Waals surface area contributed by atoms with Gasteiger partial charge in [0.15, 0.2) is 0 Å². The van der Waals surface area contributed by atoms with Gasteiger partial charge in [0, 0.05) is 27.3 Å². The second-order valence-electron chi connectivity index (χ2n) is 4.30. The molecule has 2 N–H and O–H groups in total. The number of nitrogens with zero attached hydrogens (tertiary/aromatic N) is 2. The van der Waals surface area contributed by atoms with Gasteiger partial charge >= 0.3 is 0 Å². The number of rotatable bonds is 3.